The number of hydrogen-bond acceptors (Lipinski definition) is 5. The van der Waals surface area contributed by atoms with Gasteiger partial charge in [0.05, 0.1) is 10.7 Å². The van der Waals surface area contributed by atoms with Gasteiger partial charge in [0.25, 0.3) is 0 Å². The third kappa shape index (κ3) is 3.81. The van der Waals surface area contributed by atoms with E-state index >= 15 is 0 Å². The number of anilines is 1. The number of benzene rings is 1. The van der Waals surface area contributed by atoms with Gasteiger partial charge in [-0.05, 0) is 18.7 Å². The van der Waals surface area contributed by atoms with Gasteiger partial charge < -0.3 is 10.6 Å². The second kappa shape index (κ2) is 7.02. The summed E-state index contributed by atoms with van der Waals surface area (Å²) in [4.78, 5) is 9.60. The van der Waals surface area contributed by atoms with E-state index in [-0.39, 0.29) is 0 Å². The minimum atomic E-state index is 0.683. The number of piperazine rings is 1. The molecular weight excluding hydrogens is 280 g/mol. The van der Waals surface area contributed by atoms with E-state index in [2.05, 4.69) is 50.5 Å². The van der Waals surface area contributed by atoms with Crippen LogP contribution in [0.15, 0.2) is 35.7 Å². The predicted molar refractivity (Wildman–Crippen MR) is 88.8 cm³/mol. The number of thiazole rings is 1. The van der Waals surface area contributed by atoms with E-state index in [1.807, 2.05) is 0 Å². The molecule has 1 aromatic carbocycles. The van der Waals surface area contributed by atoms with Gasteiger partial charge in [0, 0.05) is 50.2 Å². The van der Waals surface area contributed by atoms with Crippen molar-refractivity contribution in [2.75, 3.05) is 37.6 Å². The summed E-state index contributed by atoms with van der Waals surface area (Å²) in [5, 5.41) is 3.34. The van der Waals surface area contributed by atoms with Crippen molar-refractivity contribution in [1.29, 1.82) is 0 Å². The Kier molecular flexibility index (Phi) is 4.85. The van der Waals surface area contributed by atoms with Gasteiger partial charge in [-0.25, -0.2) is 4.98 Å². The van der Waals surface area contributed by atoms with Crippen LogP contribution >= 0.6 is 11.3 Å². The zero-order chi connectivity index (χ0) is 14.5. The van der Waals surface area contributed by atoms with E-state index in [0.717, 1.165) is 44.2 Å². The summed E-state index contributed by atoms with van der Waals surface area (Å²) in [6, 6.07) is 10.7. The highest BCUT2D eigenvalue weighted by atomic mass is 32.1. The molecule has 2 N–H and O–H groups in total. The summed E-state index contributed by atoms with van der Waals surface area (Å²) in [7, 11) is 0. The van der Waals surface area contributed by atoms with Gasteiger partial charge in [-0.1, -0.05) is 18.2 Å². The molecule has 0 radical (unpaired) electrons. The van der Waals surface area contributed by atoms with Crippen molar-refractivity contribution in [1.82, 2.24) is 9.88 Å². The zero-order valence-electron chi connectivity index (χ0n) is 12.2. The number of hydrogen-bond donors (Lipinski definition) is 1. The van der Waals surface area contributed by atoms with Gasteiger partial charge in [-0.15, -0.1) is 11.3 Å². The van der Waals surface area contributed by atoms with Crippen molar-refractivity contribution in [3.05, 3.63) is 46.4 Å². The SMILES string of the molecule is NCCc1nc(CN2CCN(c3ccccc3)CC2)cs1. The number of rotatable bonds is 5. The van der Waals surface area contributed by atoms with Crippen LogP contribution in [0.1, 0.15) is 10.7 Å². The summed E-state index contributed by atoms with van der Waals surface area (Å²) in [5.41, 5.74) is 8.10. The van der Waals surface area contributed by atoms with E-state index < -0.39 is 0 Å². The quantitative estimate of drug-likeness (QED) is 0.917. The van der Waals surface area contributed by atoms with Crippen LogP contribution < -0.4 is 10.6 Å². The highest BCUT2D eigenvalue weighted by Crippen LogP contribution is 2.17. The number of nitrogens with two attached hydrogens (primary N) is 1. The molecule has 1 aliphatic heterocycles. The Hall–Kier alpha value is -1.43. The van der Waals surface area contributed by atoms with E-state index in [4.69, 9.17) is 5.73 Å². The standard InChI is InChI=1S/C16H22N4S/c17-7-6-16-18-14(13-21-16)12-19-8-10-20(11-9-19)15-4-2-1-3-5-15/h1-5,13H,6-12,17H2. The maximum absolute atomic E-state index is 5.58. The van der Waals surface area contributed by atoms with Gasteiger partial charge in [-0.2, -0.15) is 0 Å². The van der Waals surface area contributed by atoms with E-state index in [1.165, 1.54) is 11.4 Å². The Labute approximate surface area is 130 Å². The monoisotopic (exact) mass is 302 g/mol. The zero-order valence-corrected chi connectivity index (χ0v) is 13.1. The normalized spacial score (nSPS) is 16.3. The van der Waals surface area contributed by atoms with Crippen molar-refractivity contribution in [3.63, 3.8) is 0 Å². The van der Waals surface area contributed by atoms with Gasteiger partial charge in [-0.3, -0.25) is 4.90 Å². The Morgan fingerprint density at radius 2 is 1.86 bits per heavy atom. The summed E-state index contributed by atoms with van der Waals surface area (Å²) in [6.07, 6.45) is 0.895. The van der Waals surface area contributed by atoms with Crippen molar-refractivity contribution in [3.8, 4) is 0 Å². The van der Waals surface area contributed by atoms with Gasteiger partial charge in [0.2, 0.25) is 0 Å². The van der Waals surface area contributed by atoms with E-state index in [9.17, 15) is 0 Å². The lowest BCUT2D eigenvalue weighted by atomic mass is 10.2. The van der Waals surface area contributed by atoms with Gasteiger partial charge in [0.15, 0.2) is 0 Å². The van der Waals surface area contributed by atoms with Gasteiger partial charge in [0.1, 0.15) is 0 Å². The molecule has 0 spiro atoms. The molecule has 1 aromatic heterocycles. The second-order valence-corrected chi connectivity index (χ2v) is 6.31. The summed E-state index contributed by atoms with van der Waals surface area (Å²) in [6.45, 7) is 6.01. The Bertz CT molecular complexity index is 546. The number of nitrogens with zero attached hydrogens (tertiary/aromatic N) is 3. The first-order chi connectivity index (χ1) is 10.3. The minimum absolute atomic E-state index is 0.683. The van der Waals surface area contributed by atoms with Crippen LogP contribution in [0.5, 0.6) is 0 Å². The van der Waals surface area contributed by atoms with E-state index in [0.29, 0.717) is 6.54 Å². The van der Waals surface area contributed by atoms with Crippen LogP contribution in [0.25, 0.3) is 0 Å². The van der Waals surface area contributed by atoms with Crippen molar-refractivity contribution in [2.24, 2.45) is 5.73 Å². The number of aromatic nitrogens is 1. The summed E-state index contributed by atoms with van der Waals surface area (Å²) in [5.74, 6) is 0. The van der Waals surface area contributed by atoms with Crippen LogP contribution in [-0.4, -0.2) is 42.6 Å². The predicted octanol–water partition coefficient (Wildman–Crippen LogP) is 1.97. The van der Waals surface area contributed by atoms with Crippen molar-refractivity contribution >= 4 is 17.0 Å². The smallest absolute Gasteiger partial charge is 0.0941 e. The lowest BCUT2D eigenvalue weighted by Gasteiger charge is -2.35. The molecule has 2 aromatic rings. The molecule has 112 valence electrons. The maximum Gasteiger partial charge on any atom is 0.0941 e. The fourth-order valence-electron chi connectivity index (χ4n) is 2.69. The lowest BCUT2D eigenvalue weighted by molar-refractivity contribution is 0.247. The van der Waals surface area contributed by atoms with Crippen LogP contribution in [0.3, 0.4) is 0 Å². The molecule has 5 heteroatoms. The molecule has 0 atom stereocenters. The molecule has 0 amide bonds. The molecule has 0 bridgehead atoms. The van der Waals surface area contributed by atoms with Crippen molar-refractivity contribution < 1.29 is 0 Å². The van der Waals surface area contributed by atoms with Crippen LogP contribution in [-0.2, 0) is 13.0 Å². The molecule has 4 nitrogen and oxygen atoms in total. The summed E-state index contributed by atoms with van der Waals surface area (Å²) >= 11 is 1.73. The highest BCUT2D eigenvalue weighted by molar-refractivity contribution is 7.09. The van der Waals surface area contributed by atoms with Crippen LogP contribution in [0.2, 0.25) is 0 Å². The molecule has 0 aliphatic carbocycles. The van der Waals surface area contributed by atoms with Crippen LogP contribution in [0, 0.1) is 0 Å². The van der Waals surface area contributed by atoms with E-state index in [1.54, 1.807) is 11.3 Å². The number of para-hydroxylation sites is 1. The lowest BCUT2D eigenvalue weighted by Crippen LogP contribution is -2.46. The molecule has 3 rings (SSSR count). The molecule has 1 fully saturated rings. The summed E-state index contributed by atoms with van der Waals surface area (Å²) < 4.78 is 0. The topological polar surface area (TPSA) is 45.4 Å². The largest absolute Gasteiger partial charge is 0.369 e. The third-order valence-electron chi connectivity index (χ3n) is 3.84. The Morgan fingerprint density at radius 1 is 1.10 bits per heavy atom. The Balaban J connectivity index is 1.51. The van der Waals surface area contributed by atoms with Gasteiger partial charge >= 0.3 is 0 Å². The maximum atomic E-state index is 5.58. The van der Waals surface area contributed by atoms with Crippen molar-refractivity contribution in [2.45, 2.75) is 13.0 Å². The first-order valence-corrected chi connectivity index (χ1v) is 8.39. The third-order valence-corrected chi connectivity index (χ3v) is 4.79. The highest BCUT2D eigenvalue weighted by Gasteiger charge is 2.17. The first-order valence-electron chi connectivity index (χ1n) is 7.51. The molecule has 0 saturated carbocycles. The molecule has 0 unspecified atom stereocenters. The fraction of sp³-hybridized carbons (Fsp3) is 0.438. The average molecular weight is 302 g/mol. The minimum Gasteiger partial charge on any atom is -0.369 e. The van der Waals surface area contributed by atoms with Crippen LogP contribution in [0.4, 0.5) is 5.69 Å². The first kappa shape index (κ1) is 14.5. The Morgan fingerprint density at radius 3 is 2.57 bits per heavy atom. The molecule has 1 saturated heterocycles. The molecule has 21 heavy (non-hydrogen) atoms. The fourth-order valence-corrected chi connectivity index (χ4v) is 3.50. The molecular formula is C16H22N4S. The second-order valence-electron chi connectivity index (χ2n) is 5.37. The molecule has 1 aliphatic rings. The molecule has 2 heterocycles. The average Bonchev–Trinajstić information content (AvgIpc) is 2.97.